The van der Waals surface area contributed by atoms with Crippen LogP contribution in [0.25, 0.3) is 0 Å². The first-order valence-electron chi connectivity index (χ1n) is 7.51. The van der Waals surface area contributed by atoms with Gasteiger partial charge >= 0.3 is 5.97 Å². The van der Waals surface area contributed by atoms with E-state index in [9.17, 15) is 13.2 Å². The first-order chi connectivity index (χ1) is 10.4. The summed E-state index contributed by atoms with van der Waals surface area (Å²) in [6, 6.07) is 5.59. The molecular weight excluding hydrogens is 304 g/mol. The molecule has 0 spiro atoms. The van der Waals surface area contributed by atoms with E-state index in [4.69, 9.17) is 5.11 Å². The number of carboxylic acid groups (broad SMARTS) is 1. The summed E-state index contributed by atoms with van der Waals surface area (Å²) in [6.07, 6.45) is 3.19. The minimum absolute atomic E-state index is 0.0105. The van der Waals surface area contributed by atoms with E-state index in [2.05, 4.69) is 9.62 Å². The topological polar surface area (TPSA) is 86.7 Å². The lowest BCUT2D eigenvalue weighted by atomic mass is 10.2. The number of aromatic carboxylic acids is 1. The van der Waals surface area contributed by atoms with E-state index in [1.165, 1.54) is 24.3 Å². The van der Waals surface area contributed by atoms with Crippen molar-refractivity contribution in [2.24, 2.45) is 0 Å². The van der Waals surface area contributed by atoms with E-state index in [1.807, 2.05) is 6.92 Å². The fourth-order valence-corrected chi connectivity index (χ4v) is 3.84. The second-order valence-corrected chi connectivity index (χ2v) is 7.26. The van der Waals surface area contributed by atoms with Gasteiger partial charge in [0.2, 0.25) is 10.0 Å². The maximum Gasteiger partial charge on any atom is 0.335 e. The van der Waals surface area contributed by atoms with Crippen molar-refractivity contribution in [1.82, 2.24) is 9.62 Å². The second-order valence-electron chi connectivity index (χ2n) is 5.49. The molecule has 1 atom stereocenters. The fraction of sp³-hybridized carbons (Fsp3) is 0.533. The van der Waals surface area contributed by atoms with Crippen molar-refractivity contribution in [1.29, 1.82) is 0 Å². The molecule has 1 fully saturated rings. The first-order valence-corrected chi connectivity index (χ1v) is 8.99. The quantitative estimate of drug-likeness (QED) is 0.793. The van der Waals surface area contributed by atoms with Gasteiger partial charge in [0.25, 0.3) is 0 Å². The summed E-state index contributed by atoms with van der Waals surface area (Å²) < 4.78 is 27.2. The zero-order chi connectivity index (χ0) is 16.2. The summed E-state index contributed by atoms with van der Waals surface area (Å²) in [5, 5.41) is 8.95. The maximum absolute atomic E-state index is 12.3. The summed E-state index contributed by atoms with van der Waals surface area (Å²) in [5.41, 5.74) is -0.0329. The standard InChI is InChI=1S/C15H22N2O4S/c1-2-13(17-8-3-4-9-17)11-16-22(20,21)14-7-5-6-12(10-14)15(18)19/h5-7,10,13,16H,2-4,8-9,11H2,1H3,(H,18,19)/t13-/m1/s1. The number of likely N-dealkylation sites (tertiary alicyclic amines) is 1. The molecule has 0 amide bonds. The van der Waals surface area contributed by atoms with Gasteiger partial charge < -0.3 is 5.11 Å². The number of nitrogens with one attached hydrogen (secondary N) is 1. The average molecular weight is 326 g/mol. The highest BCUT2D eigenvalue weighted by Crippen LogP contribution is 2.15. The molecule has 6 nitrogen and oxygen atoms in total. The van der Waals surface area contributed by atoms with Crippen molar-refractivity contribution >= 4 is 16.0 Å². The van der Waals surface area contributed by atoms with Crippen molar-refractivity contribution < 1.29 is 18.3 Å². The van der Waals surface area contributed by atoms with Gasteiger partial charge in [-0.2, -0.15) is 0 Å². The average Bonchev–Trinajstić information content (AvgIpc) is 3.02. The normalized spacial score (nSPS) is 17.5. The molecule has 7 heteroatoms. The maximum atomic E-state index is 12.3. The van der Waals surface area contributed by atoms with Crippen molar-refractivity contribution in [3.63, 3.8) is 0 Å². The number of sulfonamides is 1. The molecule has 1 aromatic rings. The second kappa shape index (κ2) is 7.21. The van der Waals surface area contributed by atoms with Gasteiger partial charge in [0.1, 0.15) is 0 Å². The smallest absolute Gasteiger partial charge is 0.335 e. The van der Waals surface area contributed by atoms with Gasteiger partial charge in [-0.25, -0.2) is 17.9 Å². The Labute approximate surface area is 131 Å². The van der Waals surface area contributed by atoms with Crippen LogP contribution in [0.4, 0.5) is 0 Å². The molecule has 1 aromatic carbocycles. The summed E-state index contributed by atoms with van der Waals surface area (Å²) in [6.45, 7) is 4.40. The van der Waals surface area contributed by atoms with Crippen LogP contribution in [-0.2, 0) is 10.0 Å². The van der Waals surface area contributed by atoms with Crippen LogP contribution in [0.15, 0.2) is 29.2 Å². The molecule has 122 valence electrons. The molecule has 2 N–H and O–H groups in total. The molecule has 1 heterocycles. The molecule has 0 aliphatic carbocycles. The van der Waals surface area contributed by atoms with Gasteiger partial charge in [-0.3, -0.25) is 4.90 Å². The zero-order valence-electron chi connectivity index (χ0n) is 12.7. The number of rotatable bonds is 7. The number of carbonyl (C=O) groups is 1. The van der Waals surface area contributed by atoms with Gasteiger partial charge in [0, 0.05) is 12.6 Å². The molecular formula is C15H22N2O4S. The van der Waals surface area contributed by atoms with Crippen LogP contribution < -0.4 is 4.72 Å². The van der Waals surface area contributed by atoms with Crippen molar-refractivity contribution in [2.75, 3.05) is 19.6 Å². The lowest BCUT2D eigenvalue weighted by molar-refractivity contribution is 0.0696. The van der Waals surface area contributed by atoms with Gasteiger partial charge in [0.05, 0.1) is 10.5 Å². The Hall–Kier alpha value is -1.44. The Bertz CT molecular complexity index is 624. The number of hydrogen-bond acceptors (Lipinski definition) is 4. The molecule has 0 radical (unpaired) electrons. The van der Waals surface area contributed by atoms with Crippen molar-refractivity contribution in [2.45, 2.75) is 37.1 Å². The SMILES string of the molecule is CC[C@H](CNS(=O)(=O)c1cccc(C(=O)O)c1)N1CCCC1. The van der Waals surface area contributed by atoms with Gasteiger partial charge in [-0.05, 0) is 50.6 Å². The molecule has 0 bridgehead atoms. The minimum atomic E-state index is -3.69. The molecule has 1 saturated heterocycles. The molecule has 22 heavy (non-hydrogen) atoms. The summed E-state index contributed by atoms with van der Waals surface area (Å²) >= 11 is 0. The third-order valence-corrected chi connectivity index (χ3v) is 5.45. The van der Waals surface area contributed by atoms with Gasteiger partial charge in [0.15, 0.2) is 0 Å². The predicted molar refractivity (Wildman–Crippen MR) is 83.5 cm³/mol. The van der Waals surface area contributed by atoms with E-state index in [1.54, 1.807) is 0 Å². The van der Waals surface area contributed by atoms with Gasteiger partial charge in [-0.1, -0.05) is 13.0 Å². The minimum Gasteiger partial charge on any atom is -0.478 e. The number of hydrogen-bond donors (Lipinski definition) is 2. The third-order valence-electron chi connectivity index (χ3n) is 4.03. The van der Waals surface area contributed by atoms with E-state index in [0.717, 1.165) is 32.4 Å². The van der Waals surface area contributed by atoms with Crippen LogP contribution in [0, 0.1) is 0 Å². The summed E-state index contributed by atoms with van der Waals surface area (Å²) in [7, 11) is -3.69. The third kappa shape index (κ3) is 4.06. The Kier molecular flexibility index (Phi) is 5.55. The number of benzene rings is 1. The Morgan fingerprint density at radius 1 is 1.36 bits per heavy atom. The summed E-state index contributed by atoms with van der Waals surface area (Å²) in [5.74, 6) is -1.14. The van der Waals surface area contributed by atoms with E-state index in [-0.39, 0.29) is 16.5 Å². The Morgan fingerprint density at radius 2 is 2.05 bits per heavy atom. The highest BCUT2D eigenvalue weighted by atomic mass is 32.2. The van der Waals surface area contributed by atoms with Crippen LogP contribution >= 0.6 is 0 Å². The highest BCUT2D eigenvalue weighted by molar-refractivity contribution is 7.89. The van der Waals surface area contributed by atoms with E-state index in [0.29, 0.717) is 6.54 Å². The van der Waals surface area contributed by atoms with E-state index >= 15 is 0 Å². The Balaban J connectivity index is 2.07. The van der Waals surface area contributed by atoms with E-state index < -0.39 is 16.0 Å². The molecule has 0 aromatic heterocycles. The van der Waals surface area contributed by atoms with Crippen LogP contribution in [0.1, 0.15) is 36.5 Å². The van der Waals surface area contributed by atoms with Crippen LogP contribution in [-0.4, -0.2) is 50.1 Å². The molecule has 1 aliphatic heterocycles. The van der Waals surface area contributed by atoms with Crippen LogP contribution in [0.3, 0.4) is 0 Å². The fourth-order valence-electron chi connectivity index (χ4n) is 2.72. The predicted octanol–water partition coefficient (Wildman–Crippen LogP) is 1.54. The number of carboxylic acids is 1. The van der Waals surface area contributed by atoms with Gasteiger partial charge in [-0.15, -0.1) is 0 Å². The summed E-state index contributed by atoms with van der Waals surface area (Å²) in [4.78, 5) is 13.2. The largest absolute Gasteiger partial charge is 0.478 e. The lowest BCUT2D eigenvalue weighted by Crippen LogP contribution is -2.42. The molecule has 0 unspecified atom stereocenters. The number of nitrogens with zero attached hydrogens (tertiary/aromatic N) is 1. The molecule has 2 rings (SSSR count). The van der Waals surface area contributed by atoms with Crippen molar-refractivity contribution in [3.8, 4) is 0 Å². The molecule has 1 aliphatic rings. The van der Waals surface area contributed by atoms with Crippen LogP contribution in [0.2, 0.25) is 0 Å². The monoisotopic (exact) mass is 326 g/mol. The van der Waals surface area contributed by atoms with Crippen molar-refractivity contribution in [3.05, 3.63) is 29.8 Å². The zero-order valence-corrected chi connectivity index (χ0v) is 13.5. The first kappa shape index (κ1) is 16.9. The molecule has 0 saturated carbocycles. The highest BCUT2D eigenvalue weighted by Gasteiger charge is 2.23. The lowest BCUT2D eigenvalue weighted by Gasteiger charge is -2.26. The Morgan fingerprint density at radius 3 is 2.64 bits per heavy atom. The van der Waals surface area contributed by atoms with Crippen LogP contribution in [0.5, 0.6) is 0 Å².